The Morgan fingerprint density at radius 2 is 2.05 bits per heavy atom. The molecule has 0 aliphatic heterocycles. The monoisotopic (exact) mass is 315 g/mol. The van der Waals surface area contributed by atoms with Crippen molar-refractivity contribution in [3.05, 3.63) is 35.4 Å². The van der Waals surface area contributed by atoms with E-state index in [1.54, 1.807) is 12.1 Å². The van der Waals surface area contributed by atoms with Crippen molar-refractivity contribution < 1.29 is 22.7 Å². The van der Waals surface area contributed by atoms with Crippen molar-refractivity contribution in [3.8, 4) is 0 Å². The molecule has 2 atom stereocenters. The summed E-state index contributed by atoms with van der Waals surface area (Å²) in [5.74, 6) is -0.181. The van der Waals surface area contributed by atoms with Crippen LogP contribution in [0.25, 0.3) is 0 Å². The van der Waals surface area contributed by atoms with E-state index in [9.17, 15) is 18.0 Å². The lowest BCUT2D eigenvalue weighted by atomic mass is 9.92. The Morgan fingerprint density at radius 3 is 2.73 bits per heavy atom. The van der Waals surface area contributed by atoms with E-state index in [1.807, 2.05) is 19.1 Å². The molecule has 0 saturated heterocycles. The summed E-state index contributed by atoms with van der Waals surface area (Å²) in [6.45, 7) is 0.626. The van der Waals surface area contributed by atoms with Crippen LogP contribution in [0.2, 0.25) is 0 Å². The van der Waals surface area contributed by atoms with Gasteiger partial charge in [0.05, 0.1) is 6.10 Å². The first kappa shape index (κ1) is 16.8. The predicted octanol–water partition coefficient (Wildman–Crippen LogP) is 3.61. The van der Waals surface area contributed by atoms with E-state index in [1.165, 1.54) is 0 Å². The van der Waals surface area contributed by atoms with Crippen LogP contribution in [-0.4, -0.2) is 30.8 Å². The normalized spacial score (nSPS) is 22.4. The number of benzene rings is 1. The Hall–Kier alpha value is -1.56. The number of hydrogen-bond donors (Lipinski definition) is 1. The Labute approximate surface area is 127 Å². The first-order valence-electron chi connectivity index (χ1n) is 7.40. The Kier molecular flexibility index (Phi) is 5.45. The number of hydrogen-bond acceptors (Lipinski definition) is 2. The van der Waals surface area contributed by atoms with Gasteiger partial charge in [-0.15, -0.1) is 0 Å². The number of ether oxygens (including phenoxy) is 1. The quantitative estimate of drug-likeness (QED) is 0.921. The van der Waals surface area contributed by atoms with Gasteiger partial charge in [-0.25, -0.2) is 0 Å². The van der Waals surface area contributed by atoms with Gasteiger partial charge in [-0.1, -0.05) is 18.2 Å². The first-order chi connectivity index (χ1) is 10.3. The molecule has 0 radical (unpaired) electrons. The second-order valence-electron chi connectivity index (χ2n) is 5.70. The highest BCUT2D eigenvalue weighted by Gasteiger charge is 2.31. The summed E-state index contributed by atoms with van der Waals surface area (Å²) >= 11 is 0. The van der Waals surface area contributed by atoms with Crippen molar-refractivity contribution in [1.29, 1.82) is 0 Å². The molecule has 1 aliphatic carbocycles. The largest absolute Gasteiger partial charge is 0.411 e. The molecule has 3 nitrogen and oxygen atoms in total. The summed E-state index contributed by atoms with van der Waals surface area (Å²) in [6, 6.07) is 7.10. The van der Waals surface area contributed by atoms with Crippen molar-refractivity contribution in [2.24, 2.45) is 0 Å². The number of alkyl halides is 3. The average Bonchev–Trinajstić information content (AvgIpc) is 2.45. The summed E-state index contributed by atoms with van der Waals surface area (Å²) in [6.07, 6.45) is -2.21. The molecule has 1 N–H and O–H groups in total. The van der Waals surface area contributed by atoms with E-state index >= 15 is 0 Å². The van der Waals surface area contributed by atoms with Gasteiger partial charge in [0.15, 0.2) is 0 Å². The number of carbonyl (C=O) groups is 1. The van der Waals surface area contributed by atoms with E-state index in [0.717, 1.165) is 18.4 Å². The molecule has 1 aliphatic rings. The van der Waals surface area contributed by atoms with Crippen LogP contribution in [0.3, 0.4) is 0 Å². The molecule has 0 spiro atoms. The Morgan fingerprint density at radius 1 is 1.32 bits per heavy atom. The average molecular weight is 315 g/mol. The Balaban J connectivity index is 1.88. The van der Waals surface area contributed by atoms with E-state index in [4.69, 9.17) is 4.74 Å². The third kappa shape index (κ3) is 5.02. The molecule has 0 unspecified atom stereocenters. The number of rotatable bonds is 4. The van der Waals surface area contributed by atoms with Crippen LogP contribution in [0.5, 0.6) is 0 Å². The summed E-state index contributed by atoms with van der Waals surface area (Å²) in [4.78, 5) is 12.2. The van der Waals surface area contributed by atoms with Gasteiger partial charge in [-0.05, 0) is 44.2 Å². The fourth-order valence-electron chi connectivity index (χ4n) is 2.73. The van der Waals surface area contributed by atoms with Gasteiger partial charge in [0.2, 0.25) is 0 Å². The molecule has 0 bridgehead atoms. The number of nitrogens with one attached hydrogen (secondary N) is 1. The second kappa shape index (κ2) is 7.13. The van der Waals surface area contributed by atoms with Crippen LogP contribution in [0.1, 0.15) is 41.6 Å². The third-order valence-corrected chi connectivity index (χ3v) is 3.83. The molecule has 6 heteroatoms. The lowest BCUT2D eigenvalue weighted by Gasteiger charge is -2.30. The zero-order chi connectivity index (χ0) is 16.2. The van der Waals surface area contributed by atoms with Crippen LogP contribution in [0.4, 0.5) is 13.2 Å². The number of aryl methyl sites for hydroxylation is 1. The van der Waals surface area contributed by atoms with Crippen molar-refractivity contribution >= 4 is 5.91 Å². The molecule has 122 valence electrons. The number of carbonyl (C=O) groups excluding carboxylic acids is 1. The number of amides is 1. The van der Waals surface area contributed by atoms with E-state index < -0.39 is 18.9 Å². The molecule has 1 amide bonds. The van der Waals surface area contributed by atoms with Gasteiger partial charge < -0.3 is 10.1 Å². The molecule has 1 saturated carbocycles. The molecule has 1 aromatic rings. The van der Waals surface area contributed by atoms with Gasteiger partial charge >= 0.3 is 6.18 Å². The Bertz CT molecular complexity index is 516. The summed E-state index contributed by atoms with van der Waals surface area (Å²) < 4.78 is 41.5. The molecular formula is C16H20F3NO2. The molecule has 2 rings (SSSR count). The fraction of sp³-hybridized carbons (Fsp3) is 0.562. The summed E-state index contributed by atoms with van der Waals surface area (Å²) in [5.41, 5.74) is 1.47. The van der Waals surface area contributed by atoms with Crippen molar-refractivity contribution in [1.82, 2.24) is 5.32 Å². The topological polar surface area (TPSA) is 38.3 Å². The zero-order valence-electron chi connectivity index (χ0n) is 12.5. The van der Waals surface area contributed by atoms with Crippen LogP contribution in [0, 0.1) is 6.92 Å². The molecule has 0 aromatic heterocycles. The fourth-order valence-corrected chi connectivity index (χ4v) is 2.73. The molecule has 1 aromatic carbocycles. The molecule has 1 fully saturated rings. The maximum absolute atomic E-state index is 12.2. The van der Waals surface area contributed by atoms with Gasteiger partial charge in [0.25, 0.3) is 5.91 Å². The lowest BCUT2D eigenvalue weighted by molar-refractivity contribution is -0.188. The minimum atomic E-state index is -4.31. The van der Waals surface area contributed by atoms with Gasteiger partial charge in [0.1, 0.15) is 6.61 Å². The standard InChI is InChI=1S/C16H20F3NO2/c1-11-5-2-3-8-14(11)15(21)20-12-6-4-7-13(9-12)22-10-16(17,18)19/h2-3,5,8,12-13H,4,6-7,9-10H2,1H3,(H,20,21)/t12-,13+/m1/s1. The lowest BCUT2D eigenvalue weighted by Crippen LogP contribution is -2.41. The van der Waals surface area contributed by atoms with E-state index in [2.05, 4.69) is 5.32 Å². The molecular weight excluding hydrogens is 295 g/mol. The summed E-state index contributed by atoms with van der Waals surface area (Å²) in [7, 11) is 0. The maximum Gasteiger partial charge on any atom is 0.411 e. The van der Waals surface area contributed by atoms with Crippen molar-refractivity contribution in [2.75, 3.05) is 6.61 Å². The van der Waals surface area contributed by atoms with Crippen LogP contribution < -0.4 is 5.32 Å². The highest BCUT2D eigenvalue weighted by molar-refractivity contribution is 5.95. The van der Waals surface area contributed by atoms with E-state index in [0.29, 0.717) is 18.4 Å². The van der Waals surface area contributed by atoms with Crippen molar-refractivity contribution in [3.63, 3.8) is 0 Å². The predicted molar refractivity (Wildman–Crippen MR) is 76.7 cm³/mol. The number of halogens is 3. The molecule has 0 heterocycles. The maximum atomic E-state index is 12.2. The van der Waals surface area contributed by atoms with E-state index in [-0.39, 0.29) is 11.9 Å². The minimum Gasteiger partial charge on any atom is -0.369 e. The highest BCUT2D eigenvalue weighted by Crippen LogP contribution is 2.24. The third-order valence-electron chi connectivity index (χ3n) is 3.83. The smallest absolute Gasteiger partial charge is 0.369 e. The van der Waals surface area contributed by atoms with Gasteiger partial charge in [0, 0.05) is 11.6 Å². The van der Waals surface area contributed by atoms with Gasteiger partial charge in [-0.2, -0.15) is 13.2 Å². The second-order valence-corrected chi connectivity index (χ2v) is 5.70. The van der Waals surface area contributed by atoms with Crippen molar-refractivity contribution in [2.45, 2.75) is 50.9 Å². The summed E-state index contributed by atoms with van der Waals surface area (Å²) in [5, 5.41) is 2.90. The highest BCUT2D eigenvalue weighted by atomic mass is 19.4. The molecule has 22 heavy (non-hydrogen) atoms. The SMILES string of the molecule is Cc1ccccc1C(=O)N[C@@H]1CCC[C@H](OCC(F)(F)F)C1. The van der Waals surface area contributed by atoms with Crippen LogP contribution in [0.15, 0.2) is 24.3 Å². The zero-order valence-corrected chi connectivity index (χ0v) is 12.5. The van der Waals surface area contributed by atoms with Gasteiger partial charge in [-0.3, -0.25) is 4.79 Å². The van der Waals surface area contributed by atoms with Crippen LogP contribution >= 0.6 is 0 Å². The van der Waals surface area contributed by atoms with Crippen LogP contribution in [-0.2, 0) is 4.74 Å². The minimum absolute atomic E-state index is 0.140. The first-order valence-corrected chi connectivity index (χ1v) is 7.40.